The molecule has 0 atom stereocenters. The van der Waals surface area contributed by atoms with Crippen molar-refractivity contribution < 1.29 is 14.3 Å². The highest BCUT2D eigenvalue weighted by molar-refractivity contribution is 5.94. The maximum absolute atomic E-state index is 11.1. The molecule has 0 heterocycles. The maximum atomic E-state index is 11.1. The molecule has 0 aliphatic heterocycles. The summed E-state index contributed by atoms with van der Waals surface area (Å²) in [5, 5.41) is 2.83. The highest BCUT2D eigenvalue weighted by Crippen LogP contribution is 2.28. The predicted octanol–water partition coefficient (Wildman–Crippen LogP) is 5.02. The zero-order valence-corrected chi connectivity index (χ0v) is 15.8. The smallest absolute Gasteiger partial charge is 0.172 e. The summed E-state index contributed by atoms with van der Waals surface area (Å²) in [7, 11) is 3.29. The molecule has 0 aliphatic rings. The monoisotopic (exact) mass is 367 g/mol. The molecule has 2 rings (SSSR count). The highest BCUT2D eigenvalue weighted by Gasteiger charge is 2.12. The third-order valence-electron chi connectivity index (χ3n) is 3.66. The van der Waals surface area contributed by atoms with E-state index in [4.69, 9.17) is 9.47 Å². The summed E-state index contributed by atoms with van der Waals surface area (Å²) in [6.45, 7) is 4.43. The van der Waals surface area contributed by atoms with Crippen molar-refractivity contribution in [3.63, 3.8) is 0 Å². The predicted molar refractivity (Wildman–Crippen MR) is 109 cm³/mol. The highest BCUT2D eigenvalue weighted by atomic mass is 16.5. The molecule has 0 radical (unpaired) electrons. The van der Waals surface area contributed by atoms with Crippen LogP contribution in [0.25, 0.3) is 5.57 Å². The van der Waals surface area contributed by atoms with Crippen LogP contribution < -0.4 is 4.74 Å². The number of ether oxygens (including phenoxy) is 2. The number of nitroso groups, excluding NO2 is 1. The van der Waals surface area contributed by atoms with Gasteiger partial charge in [0.2, 0.25) is 0 Å². The lowest BCUT2D eigenvalue weighted by Gasteiger charge is -2.09. The first-order chi connectivity index (χ1) is 13.2. The van der Waals surface area contributed by atoms with Crippen molar-refractivity contribution in [3.05, 3.63) is 89.0 Å². The molecule has 5 heteroatoms. The van der Waals surface area contributed by atoms with Gasteiger partial charge in [0.15, 0.2) is 12.0 Å². The first-order valence-corrected chi connectivity index (χ1v) is 8.54. The Hall–Kier alpha value is -3.05. The Bertz CT molecular complexity index is 727. The molecule has 0 spiro atoms. The number of hydrogen-bond donors (Lipinski definition) is 0. The topological polar surface area (TPSA) is 65.0 Å². The largest absolute Gasteiger partial charge is 0.497 e. The molecule has 0 unspecified atom stereocenters. The van der Waals surface area contributed by atoms with E-state index < -0.39 is 0 Å². The summed E-state index contributed by atoms with van der Waals surface area (Å²) in [6, 6.07) is 16.3. The number of benzene rings is 2. The Morgan fingerprint density at radius 3 is 2.15 bits per heavy atom. The molecule has 0 amide bonds. The number of rotatable bonds is 9. The molecule has 2 aromatic rings. The van der Waals surface area contributed by atoms with Gasteiger partial charge in [-0.05, 0) is 41.3 Å². The molecule has 0 saturated carbocycles. The molecule has 0 bridgehead atoms. The van der Waals surface area contributed by atoms with E-state index >= 15 is 0 Å². The second-order valence-electron chi connectivity index (χ2n) is 5.49. The normalized spacial score (nSPS) is 10.7. The first-order valence-electron chi connectivity index (χ1n) is 8.54. The van der Waals surface area contributed by atoms with Crippen LogP contribution in [-0.4, -0.2) is 27.1 Å². The summed E-state index contributed by atoms with van der Waals surface area (Å²) in [6.07, 6.45) is 4.53. The van der Waals surface area contributed by atoms with Crippen molar-refractivity contribution in [2.75, 3.05) is 20.8 Å². The minimum atomic E-state index is -0.124. The summed E-state index contributed by atoms with van der Waals surface area (Å²) in [5.41, 5.74) is 1.89. The van der Waals surface area contributed by atoms with Gasteiger partial charge in [0.1, 0.15) is 5.75 Å². The summed E-state index contributed by atoms with van der Waals surface area (Å²) < 4.78 is 9.89. The van der Waals surface area contributed by atoms with Crippen LogP contribution in [-0.2, 0) is 9.53 Å². The van der Waals surface area contributed by atoms with Crippen molar-refractivity contribution in [2.45, 2.75) is 12.8 Å². The van der Waals surface area contributed by atoms with Gasteiger partial charge in [0, 0.05) is 19.3 Å². The van der Waals surface area contributed by atoms with E-state index in [9.17, 15) is 9.70 Å². The van der Waals surface area contributed by atoms with E-state index in [2.05, 4.69) is 11.8 Å². The average Bonchev–Trinajstić information content (AvgIpc) is 2.73. The van der Waals surface area contributed by atoms with Gasteiger partial charge in [-0.2, -0.15) is 0 Å². The van der Waals surface area contributed by atoms with Gasteiger partial charge >= 0.3 is 0 Å². The van der Waals surface area contributed by atoms with Crippen molar-refractivity contribution in [2.24, 2.45) is 5.18 Å². The van der Waals surface area contributed by atoms with Gasteiger partial charge in [0.25, 0.3) is 0 Å². The van der Waals surface area contributed by atoms with E-state index in [-0.39, 0.29) is 5.70 Å². The summed E-state index contributed by atoms with van der Waals surface area (Å²) in [4.78, 5) is 22.0. The van der Waals surface area contributed by atoms with Gasteiger partial charge in [0.05, 0.1) is 7.11 Å². The quantitative estimate of drug-likeness (QED) is 0.205. The van der Waals surface area contributed by atoms with Crippen molar-refractivity contribution >= 4 is 11.9 Å². The fraction of sp³-hybridized carbons (Fsp3) is 0.227. The third kappa shape index (κ3) is 7.38. The number of nitrogens with zero attached hydrogens (tertiary/aromatic N) is 1. The fourth-order valence-corrected chi connectivity index (χ4v) is 2.32. The Morgan fingerprint density at radius 1 is 1.04 bits per heavy atom. The van der Waals surface area contributed by atoms with Gasteiger partial charge in [-0.3, -0.25) is 4.79 Å². The number of unbranched alkanes of at least 4 members (excludes halogenated alkanes) is 1. The van der Waals surface area contributed by atoms with E-state index in [0.717, 1.165) is 30.6 Å². The Kier molecular flexibility index (Phi) is 10.7. The Morgan fingerprint density at radius 2 is 1.67 bits per heavy atom. The van der Waals surface area contributed by atoms with Gasteiger partial charge in [-0.15, -0.1) is 11.5 Å². The fourth-order valence-electron chi connectivity index (χ4n) is 2.32. The first kappa shape index (κ1) is 22.0. The van der Waals surface area contributed by atoms with E-state index in [1.54, 1.807) is 38.5 Å². The number of allylic oxidation sites excluding steroid dienone is 2. The summed E-state index contributed by atoms with van der Waals surface area (Å²) in [5.74, 6) is 0.702. The van der Waals surface area contributed by atoms with Crippen LogP contribution in [0, 0.1) is 4.91 Å². The van der Waals surface area contributed by atoms with Crippen LogP contribution in [0.2, 0.25) is 0 Å². The van der Waals surface area contributed by atoms with Crippen LogP contribution in [0.5, 0.6) is 5.75 Å². The second-order valence-corrected chi connectivity index (χ2v) is 5.49. The lowest BCUT2D eigenvalue weighted by atomic mass is 9.96. The van der Waals surface area contributed by atoms with Crippen LogP contribution >= 0.6 is 0 Å². The zero-order valence-electron chi connectivity index (χ0n) is 15.8. The Labute approximate surface area is 160 Å². The minimum Gasteiger partial charge on any atom is -0.497 e. The van der Waals surface area contributed by atoms with Crippen molar-refractivity contribution in [1.29, 1.82) is 0 Å². The zero-order chi connectivity index (χ0) is 19.9. The van der Waals surface area contributed by atoms with Gasteiger partial charge in [-0.25, -0.2) is 0 Å². The molecule has 0 aromatic heterocycles. The van der Waals surface area contributed by atoms with Crippen LogP contribution in [0.4, 0.5) is 0 Å². The molecular weight excluding hydrogens is 342 g/mol. The van der Waals surface area contributed by atoms with E-state index in [1.807, 2.05) is 36.4 Å². The lowest BCUT2D eigenvalue weighted by molar-refractivity contribution is -0.104. The van der Waals surface area contributed by atoms with Crippen LogP contribution in [0.15, 0.2) is 78.1 Å². The molecule has 2 aromatic carbocycles. The average molecular weight is 367 g/mol. The molecule has 0 N–H and O–H groups in total. The second kappa shape index (κ2) is 13.2. The van der Waals surface area contributed by atoms with Gasteiger partial charge < -0.3 is 9.47 Å². The molecule has 0 fully saturated rings. The molecule has 0 aliphatic carbocycles. The summed E-state index contributed by atoms with van der Waals surface area (Å²) >= 11 is 0. The lowest BCUT2D eigenvalue weighted by Crippen LogP contribution is -1.94. The van der Waals surface area contributed by atoms with Gasteiger partial charge in [-0.1, -0.05) is 48.5 Å². The molecule has 27 heavy (non-hydrogen) atoms. The number of hydrogen-bond acceptors (Lipinski definition) is 5. The van der Waals surface area contributed by atoms with Crippen molar-refractivity contribution in [1.82, 2.24) is 0 Å². The van der Waals surface area contributed by atoms with E-state index in [0.29, 0.717) is 17.6 Å². The van der Waals surface area contributed by atoms with Crippen LogP contribution in [0.1, 0.15) is 24.0 Å². The van der Waals surface area contributed by atoms with Crippen molar-refractivity contribution in [3.8, 4) is 5.75 Å². The van der Waals surface area contributed by atoms with E-state index in [1.165, 1.54) is 0 Å². The molecule has 0 saturated heterocycles. The van der Waals surface area contributed by atoms with Crippen LogP contribution in [0.3, 0.4) is 0 Å². The molecule has 5 nitrogen and oxygen atoms in total. The number of methoxy groups -OCH3 is 2. The number of carbonyl (C=O) groups is 1. The minimum absolute atomic E-state index is 0.124. The third-order valence-corrected chi connectivity index (χ3v) is 3.66. The molecular formula is C22H25NO4. The standard InChI is InChI=1S/C16H13NO3.C6H12O/c1-20-14-9-7-13(8-10-14)16(15(11-18)17-19)12-5-3-2-4-6-12;1-3-4-5-6-7-2/h2-11H,1H3;3H,1,4-6H2,2H3/b16-15-;. The maximum Gasteiger partial charge on any atom is 0.172 e. The molecule has 142 valence electrons. The SMILES string of the molecule is C=CCCCOC.COc1ccc(/C(=C(/C=O)N=O)c2ccccc2)cc1. The number of carbonyl (C=O) groups excluding carboxylic acids is 1. The Balaban J connectivity index is 0.000000445. The number of aldehydes is 1.